The van der Waals surface area contributed by atoms with Crippen molar-refractivity contribution in [1.29, 1.82) is 0 Å². The van der Waals surface area contributed by atoms with Crippen LogP contribution in [0.4, 0.5) is 5.69 Å². The van der Waals surface area contributed by atoms with Crippen LogP contribution >= 0.6 is 0 Å². The number of nitrogens with two attached hydrogens (primary N) is 1. The summed E-state index contributed by atoms with van der Waals surface area (Å²) in [5, 5.41) is 5.70. The van der Waals surface area contributed by atoms with Gasteiger partial charge >= 0.3 is 0 Å². The summed E-state index contributed by atoms with van der Waals surface area (Å²) < 4.78 is 10.8. The highest BCUT2D eigenvalue weighted by Gasteiger charge is 2.12. The van der Waals surface area contributed by atoms with Crippen LogP contribution in [-0.4, -0.2) is 38.8 Å². The summed E-state index contributed by atoms with van der Waals surface area (Å²) in [6, 6.07) is 5.33. The predicted molar refractivity (Wildman–Crippen MR) is 68.0 cm³/mol. The molecule has 0 atom stereocenters. The Labute approximate surface area is 105 Å². The number of benzene rings is 1. The molecule has 0 aliphatic carbocycles. The van der Waals surface area contributed by atoms with E-state index in [1.807, 2.05) is 0 Å². The number of carbonyl (C=O) groups is 1. The van der Waals surface area contributed by atoms with E-state index in [1.165, 1.54) is 0 Å². The van der Waals surface area contributed by atoms with Gasteiger partial charge < -0.3 is 25.8 Å². The fourth-order valence-corrected chi connectivity index (χ4v) is 1.63. The van der Waals surface area contributed by atoms with Gasteiger partial charge in [-0.3, -0.25) is 4.79 Å². The summed E-state index contributed by atoms with van der Waals surface area (Å²) in [6.07, 6.45) is 0. The molecule has 6 heteroatoms. The molecular formula is C12H17N3O3. The Hall–Kier alpha value is -1.79. The number of amides is 1. The van der Waals surface area contributed by atoms with E-state index in [9.17, 15) is 4.79 Å². The minimum Gasteiger partial charge on any atom is -0.486 e. The predicted octanol–water partition coefficient (Wildman–Crippen LogP) is -0.0554. The normalized spacial score (nSPS) is 13.2. The van der Waals surface area contributed by atoms with Gasteiger partial charge in [0.05, 0.1) is 6.54 Å². The minimum absolute atomic E-state index is 0.111. The Morgan fingerprint density at radius 2 is 2.06 bits per heavy atom. The highest BCUT2D eigenvalue weighted by atomic mass is 16.6. The summed E-state index contributed by atoms with van der Waals surface area (Å²) in [7, 11) is 0. The third kappa shape index (κ3) is 3.35. The van der Waals surface area contributed by atoms with E-state index in [1.54, 1.807) is 18.2 Å². The van der Waals surface area contributed by atoms with Crippen LogP contribution in [0.3, 0.4) is 0 Å². The van der Waals surface area contributed by atoms with Gasteiger partial charge in [-0.05, 0) is 12.1 Å². The number of anilines is 1. The molecule has 0 fully saturated rings. The van der Waals surface area contributed by atoms with Crippen LogP contribution in [0.15, 0.2) is 18.2 Å². The van der Waals surface area contributed by atoms with Crippen LogP contribution in [0.1, 0.15) is 0 Å². The number of fused-ring (bicyclic) bond motifs is 1. The molecule has 1 heterocycles. The van der Waals surface area contributed by atoms with Crippen molar-refractivity contribution in [2.24, 2.45) is 5.73 Å². The van der Waals surface area contributed by atoms with Gasteiger partial charge in [-0.15, -0.1) is 0 Å². The standard InChI is InChI=1S/C12H17N3O3/c13-3-4-14-8-12(16)15-9-1-2-10-11(7-9)18-6-5-17-10/h1-2,7,14H,3-6,8,13H2,(H,15,16). The number of rotatable bonds is 5. The molecule has 0 bridgehead atoms. The van der Waals surface area contributed by atoms with Crippen LogP contribution in [0.2, 0.25) is 0 Å². The summed E-state index contributed by atoms with van der Waals surface area (Å²) in [4.78, 5) is 11.6. The number of carbonyl (C=O) groups excluding carboxylic acids is 1. The monoisotopic (exact) mass is 251 g/mol. The van der Waals surface area contributed by atoms with Gasteiger partial charge in [-0.1, -0.05) is 0 Å². The largest absolute Gasteiger partial charge is 0.486 e. The van der Waals surface area contributed by atoms with E-state index in [2.05, 4.69) is 10.6 Å². The molecule has 4 N–H and O–H groups in total. The molecule has 2 rings (SSSR count). The second kappa shape index (κ2) is 6.23. The number of ether oxygens (including phenoxy) is 2. The molecule has 98 valence electrons. The average Bonchev–Trinajstić information content (AvgIpc) is 2.39. The quantitative estimate of drug-likeness (QED) is 0.639. The van der Waals surface area contributed by atoms with Crippen LogP contribution in [-0.2, 0) is 4.79 Å². The number of nitrogens with one attached hydrogen (secondary N) is 2. The van der Waals surface area contributed by atoms with Crippen molar-refractivity contribution in [1.82, 2.24) is 5.32 Å². The van der Waals surface area contributed by atoms with Gasteiger partial charge in [-0.25, -0.2) is 0 Å². The highest BCUT2D eigenvalue weighted by Crippen LogP contribution is 2.32. The van der Waals surface area contributed by atoms with Crippen molar-refractivity contribution in [2.45, 2.75) is 0 Å². The van der Waals surface area contributed by atoms with E-state index >= 15 is 0 Å². The van der Waals surface area contributed by atoms with Crippen LogP contribution in [0.25, 0.3) is 0 Å². The van der Waals surface area contributed by atoms with E-state index in [-0.39, 0.29) is 12.5 Å². The van der Waals surface area contributed by atoms with Gasteiger partial charge in [0.2, 0.25) is 5.91 Å². The lowest BCUT2D eigenvalue weighted by molar-refractivity contribution is -0.115. The summed E-state index contributed by atoms with van der Waals surface area (Å²) in [5.41, 5.74) is 6.01. The maximum absolute atomic E-state index is 11.6. The second-order valence-corrected chi connectivity index (χ2v) is 3.87. The summed E-state index contributed by atoms with van der Waals surface area (Å²) in [5.74, 6) is 1.26. The molecule has 0 saturated heterocycles. The van der Waals surface area contributed by atoms with Crippen LogP contribution < -0.4 is 25.8 Å². The zero-order chi connectivity index (χ0) is 12.8. The van der Waals surface area contributed by atoms with E-state index in [0.717, 1.165) is 0 Å². The first-order chi connectivity index (χ1) is 8.79. The molecule has 6 nitrogen and oxygen atoms in total. The highest BCUT2D eigenvalue weighted by molar-refractivity contribution is 5.92. The van der Waals surface area contributed by atoms with Crippen molar-refractivity contribution in [3.63, 3.8) is 0 Å². The van der Waals surface area contributed by atoms with E-state index < -0.39 is 0 Å². The summed E-state index contributed by atoms with van der Waals surface area (Å²) in [6.45, 7) is 2.46. The molecular weight excluding hydrogens is 234 g/mol. The van der Waals surface area contributed by atoms with Gasteiger partial charge in [0.25, 0.3) is 0 Å². The molecule has 1 amide bonds. The van der Waals surface area contributed by atoms with E-state index in [0.29, 0.717) is 43.5 Å². The fraction of sp³-hybridized carbons (Fsp3) is 0.417. The van der Waals surface area contributed by atoms with E-state index in [4.69, 9.17) is 15.2 Å². The Kier molecular flexibility index (Phi) is 4.38. The fourth-order valence-electron chi connectivity index (χ4n) is 1.63. The first-order valence-electron chi connectivity index (χ1n) is 5.90. The molecule has 0 spiro atoms. The topological polar surface area (TPSA) is 85.6 Å². The Morgan fingerprint density at radius 3 is 2.83 bits per heavy atom. The molecule has 0 radical (unpaired) electrons. The first kappa shape index (κ1) is 12.7. The molecule has 0 unspecified atom stereocenters. The maximum atomic E-state index is 11.6. The third-order valence-electron chi connectivity index (χ3n) is 2.43. The average molecular weight is 251 g/mol. The van der Waals surface area contributed by atoms with Gasteiger partial charge in [0, 0.05) is 24.8 Å². The zero-order valence-electron chi connectivity index (χ0n) is 10.1. The maximum Gasteiger partial charge on any atom is 0.238 e. The van der Waals surface area contributed by atoms with Gasteiger partial charge in [-0.2, -0.15) is 0 Å². The molecule has 1 aromatic rings. The lowest BCUT2D eigenvalue weighted by Gasteiger charge is -2.19. The Balaban J connectivity index is 1.91. The smallest absolute Gasteiger partial charge is 0.238 e. The third-order valence-corrected chi connectivity index (χ3v) is 2.43. The van der Waals surface area contributed by atoms with Crippen LogP contribution in [0.5, 0.6) is 11.5 Å². The SMILES string of the molecule is NCCNCC(=O)Nc1ccc2c(c1)OCCO2. The Morgan fingerprint density at radius 1 is 1.28 bits per heavy atom. The van der Waals surface area contributed by atoms with Crippen molar-refractivity contribution >= 4 is 11.6 Å². The zero-order valence-corrected chi connectivity index (χ0v) is 10.1. The van der Waals surface area contributed by atoms with Crippen molar-refractivity contribution in [2.75, 3.05) is 38.2 Å². The number of hydrogen-bond donors (Lipinski definition) is 3. The minimum atomic E-state index is -0.111. The Bertz CT molecular complexity index is 423. The molecule has 18 heavy (non-hydrogen) atoms. The molecule has 0 aromatic heterocycles. The lowest BCUT2D eigenvalue weighted by atomic mass is 10.2. The summed E-state index contributed by atoms with van der Waals surface area (Å²) >= 11 is 0. The number of hydrogen-bond acceptors (Lipinski definition) is 5. The molecule has 1 aliphatic rings. The van der Waals surface area contributed by atoms with Crippen molar-refractivity contribution < 1.29 is 14.3 Å². The second-order valence-electron chi connectivity index (χ2n) is 3.87. The lowest BCUT2D eigenvalue weighted by Crippen LogP contribution is -2.31. The molecule has 0 saturated carbocycles. The molecule has 1 aromatic carbocycles. The van der Waals surface area contributed by atoms with Gasteiger partial charge in [0.1, 0.15) is 13.2 Å². The van der Waals surface area contributed by atoms with Crippen molar-refractivity contribution in [3.8, 4) is 11.5 Å². The van der Waals surface area contributed by atoms with Gasteiger partial charge in [0.15, 0.2) is 11.5 Å². The first-order valence-corrected chi connectivity index (χ1v) is 5.90. The van der Waals surface area contributed by atoms with Crippen LogP contribution in [0, 0.1) is 0 Å². The van der Waals surface area contributed by atoms with Crippen molar-refractivity contribution in [3.05, 3.63) is 18.2 Å². The molecule has 1 aliphatic heterocycles.